The van der Waals surface area contributed by atoms with Crippen LogP contribution in [0.4, 0.5) is 0 Å². The molecule has 2 fully saturated rings. The maximum atomic E-state index is 12.2. The summed E-state index contributed by atoms with van der Waals surface area (Å²) >= 11 is 0. The Kier molecular flexibility index (Phi) is 5.85. The lowest BCUT2D eigenvalue weighted by molar-refractivity contribution is -0.126. The van der Waals surface area contributed by atoms with E-state index in [1.54, 1.807) is 0 Å². The number of hydrogen-bond donors (Lipinski definition) is 2. The van der Waals surface area contributed by atoms with Gasteiger partial charge in [0, 0.05) is 25.0 Å². The highest BCUT2D eigenvalue weighted by Gasteiger charge is 2.29. The fourth-order valence-electron chi connectivity index (χ4n) is 3.55. The van der Waals surface area contributed by atoms with Crippen molar-refractivity contribution in [2.24, 2.45) is 23.5 Å². The Morgan fingerprint density at radius 1 is 1.35 bits per heavy atom. The number of amides is 1. The molecule has 116 valence electrons. The summed E-state index contributed by atoms with van der Waals surface area (Å²) in [6, 6.07) is 0.285. The van der Waals surface area contributed by atoms with Crippen molar-refractivity contribution < 1.29 is 4.79 Å². The monoisotopic (exact) mass is 281 g/mol. The second kappa shape index (κ2) is 7.41. The van der Waals surface area contributed by atoms with E-state index >= 15 is 0 Å². The zero-order chi connectivity index (χ0) is 14.5. The van der Waals surface area contributed by atoms with Gasteiger partial charge in [0.25, 0.3) is 0 Å². The zero-order valence-electron chi connectivity index (χ0n) is 13.1. The predicted molar refractivity (Wildman–Crippen MR) is 82.3 cm³/mol. The van der Waals surface area contributed by atoms with Crippen molar-refractivity contribution in [2.45, 2.75) is 52.0 Å². The van der Waals surface area contributed by atoms with Crippen molar-refractivity contribution in [3.8, 4) is 0 Å². The Hall–Kier alpha value is -0.610. The summed E-state index contributed by atoms with van der Waals surface area (Å²) in [7, 11) is 0. The first-order valence-electron chi connectivity index (χ1n) is 8.32. The highest BCUT2D eigenvalue weighted by atomic mass is 16.1. The van der Waals surface area contributed by atoms with Crippen LogP contribution in [0, 0.1) is 17.8 Å². The Bertz CT molecular complexity index is 315. The third-order valence-corrected chi connectivity index (χ3v) is 5.00. The van der Waals surface area contributed by atoms with Gasteiger partial charge in [0.1, 0.15) is 0 Å². The average molecular weight is 281 g/mol. The van der Waals surface area contributed by atoms with E-state index in [1.807, 2.05) is 0 Å². The molecule has 2 aliphatic rings. The molecule has 4 nitrogen and oxygen atoms in total. The Morgan fingerprint density at radius 3 is 2.70 bits per heavy atom. The lowest BCUT2D eigenvalue weighted by Gasteiger charge is -2.31. The molecule has 1 aliphatic carbocycles. The van der Waals surface area contributed by atoms with Crippen LogP contribution in [0.2, 0.25) is 0 Å². The summed E-state index contributed by atoms with van der Waals surface area (Å²) in [5, 5.41) is 3.16. The molecular formula is C16H31N3O. The van der Waals surface area contributed by atoms with Crippen LogP contribution in [0.3, 0.4) is 0 Å². The van der Waals surface area contributed by atoms with Crippen LogP contribution in [0.5, 0.6) is 0 Å². The number of nitrogens with two attached hydrogens (primary N) is 1. The molecule has 4 atom stereocenters. The van der Waals surface area contributed by atoms with Gasteiger partial charge < -0.3 is 16.0 Å². The molecule has 1 saturated carbocycles. The van der Waals surface area contributed by atoms with E-state index < -0.39 is 0 Å². The summed E-state index contributed by atoms with van der Waals surface area (Å²) in [5.74, 6) is 1.45. The molecule has 1 heterocycles. The van der Waals surface area contributed by atoms with E-state index in [-0.39, 0.29) is 17.9 Å². The van der Waals surface area contributed by atoms with Gasteiger partial charge in [-0.15, -0.1) is 0 Å². The molecule has 4 unspecified atom stereocenters. The second-order valence-electron chi connectivity index (χ2n) is 7.01. The summed E-state index contributed by atoms with van der Waals surface area (Å²) in [4.78, 5) is 14.7. The van der Waals surface area contributed by atoms with Crippen LogP contribution >= 0.6 is 0 Å². The number of nitrogens with zero attached hydrogens (tertiary/aromatic N) is 1. The van der Waals surface area contributed by atoms with Gasteiger partial charge in [-0.2, -0.15) is 0 Å². The molecule has 0 spiro atoms. The minimum absolute atomic E-state index is 0.184. The highest BCUT2D eigenvalue weighted by molar-refractivity contribution is 5.78. The smallest absolute Gasteiger partial charge is 0.223 e. The molecule has 0 aromatic heterocycles. The molecule has 1 amide bonds. The van der Waals surface area contributed by atoms with Gasteiger partial charge in [-0.1, -0.05) is 13.8 Å². The van der Waals surface area contributed by atoms with Crippen molar-refractivity contribution in [1.82, 2.24) is 10.2 Å². The molecular weight excluding hydrogens is 250 g/mol. The number of hydrogen-bond acceptors (Lipinski definition) is 3. The van der Waals surface area contributed by atoms with Crippen LogP contribution < -0.4 is 11.1 Å². The van der Waals surface area contributed by atoms with Crippen LogP contribution in [0.1, 0.15) is 46.0 Å². The van der Waals surface area contributed by atoms with Gasteiger partial charge in [-0.3, -0.25) is 4.79 Å². The fraction of sp³-hybridized carbons (Fsp3) is 0.938. The van der Waals surface area contributed by atoms with E-state index in [9.17, 15) is 4.79 Å². The maximum absolute atomic E-state index is 12.2. The van der Waals surface area contributed by atoms with Gasteiger partial charge in [-0.05, 0) is 57.0 Å². The standard InChI is InChI=1S/C16H31N3O/c1-12(11-19-7-3-4-8-19)10-18-16(20)14-5-6-15(17)13(2)9-14/h12-15H,3-11,17H2,1-2H3,(H,18,20). The predicted octanol–water partition coefficient (Wildman–Crippen LogP) is 1.60. The van der Waals surface area contributed by atoms with Crippen molar-refractivity contribution in [3.63, 3.8) is 0 Å². The van der Waals surface area contributed by atoms with E-state index in [4.69, 9.17) is 5.73 Å². The van der Waals surface area contributed by atoms with Crippen molar-refractivity contribution in [3.05, 3.63) is 0 Å². The molecule has 2 rings (SSSR count). The first-order valence-corrected chi connectivity index (χ1v) is 8.32. The summed E-state index contributed by atoms with van der Waals surface area (Å²) in [6.45, 7) is 8.79. The second-order valence-corrected chi connectivity index (χ2v) is 7.01. The van der Waals surface area contributed by atoms with Crippen molar-refractivity contribution in [1.29, 1.82) is 0 Å². The first kappa shape index (κ1) is 15.8. The number of rotatable bonds is 5. The van der Waals surface area contributed by atoms with Gasteiger partial charge >= 0.3 is 0 Å². The number of nitrogens with one attached hydrogen (secondary N) is 1. The van der Waals surface area contributed by atoms with Gasteiger partial charge in [-0.25, -0.2) is 0 Å². The van der Waals surface area contributed by atoms with Crippen LogP contribution in [-0.4, -0.2) is 43.0 Å². The molecule has 1 saturated heterocycles. The quantitative estimate of drug-likeness (QED) is 0.805. The van der Waals surface area contributed by atoms with E-state index in [2.05, 4.69) is 24.1 Å². The third kappa shape index (κ3) is 4.45. The molecule has 0 aromatic rings. The summed E-state index contributed by atoms with van der Waals surface area (Å²) in [5.41, 5.74) is 6.02. The topological polar surface area (TPSA) is 58.4 Å². The van der Waals surface area contributed by atoms with Crippen molar-refractivity contribution in [2.75, 3.05) is 26.2 Å². The van der Waals surface area contributed by atoms with E-state index in [1.165, 1.54) is 25.9 Å². The first-order chi connectivity index (χ1) is 9.56. The lowest BCUT2D eigenvalue weighted by atomic mass is 9.79. The normalized spacial score (nSPS) is 33.0. The lowest BCUT2D eigenvalue weighted by Crippen LogP contribution is -2.42. The van der Waals surface area contributed by atoms with Crippen LogP contribution in [0.25, 0.3) is 0 Å². The van der Waals surface area contributed by atoms with Crippen molar-refractivity contribution >= 4 is 5.91 Å². The molecule has 4 heteroatoms. The highest BCUT2D eigenvalue weighted by Crippen LogP contribution is 2.28. The van der Waals surface area contributed by atoms with E-state index in [0.29, 0.717) is 11.8 Å². The molecule has 20 heavy (non-hydrogen) atoms. The summed E-state index contributed by atoms with van der Waals surface area (Å²) in [6.07, 6.45) is 5.56. The Labute approximate surface area is 123 Å². The minimum Gasteiger partial charge on any atom is -0.356 e. The van der Waals surface area contributed by atoms with Crippen LogP contribution in [-0.2, 0) is 4.79 Å². The van der Waals surface area contributed by atoms with E-state index in [0.717, 1.165) is 32.4 Å². The number of likely N-dealkylation sites (tertiary alicyclic amines) is 1. The maximum Gasteiger partial charge on any atom is 0.223 e. The Balaban J connectivity index is 1.66. The number of carbonyl (C=O) groups is 1. The molecule has 1 aliphatic heterocycles. The summed E-state index contributed by atoms with van der Waals surface area (Å²) < 4.78 is 0. The third-order valence-electron chi connectivity index (χ3n) is 5.00. The SMILES string of the molecule is CC(CNC(=O)C1CCC(N)C(C)C1)CN1CCCC1. The zero-order valence-corrected chi connectivity index (χ0v) is 13.1. The van der Waals surface area contributed by atoms with Gasteiger partial charge in [0.05, 0.1) is 0 Å². The molecule has 3 N–H and O–H groups in total. The molecule has 0 bridgehead atoms. The average Bonchev–Trinajstić information content (AvgIpc) is 2.92. The van der Waals surface area contributed by atoms with Gasteiger partial charge in [0.2, 0.25) is 5.91 Å². The van der Waals surface area contributed by atoms with Crippen LogP contribution in [0.15, 0.2) is 0 Å². The number of carbonyl (C=O) groups excluding carboxylic acids is 1. The largest absolute Gasteiger partial charge is 0.356 e. The fourth-order valence-corrected chi connectivity index (χ4v) is 3.55. The Morgan fingerprint density at radius 2 is 2.05 bits per heavy atom. The minimum atomic E-state index is 0.184. The molecule has 0 aromatic carbocycles. The molecule has 0 radical (unpaired) electrons. The van der Waals surface area contributed by atoms with Gasteiger partial charge in [0.15, 0.2) is 0 Å².